The van der Waals surface area contributed by atoms with Crippen molar-refractivity contribution in [1.82, 2.24) is 10.6 Å². The van der Waals surface area contributed by atoms with Gasteiger partial charge in [-0.25, -0.2) is 4.79 Å². The highest BCUT2D eigenvalue weighted by Crippen LogP contribution is 2.49. The molecule has 11 aliphatic rings. The van der Waals surface area contributed by atoms with Crippen molar-refractivity contribution in [3.8, 4) is 0 Å². The van der Waals surface area contributed by atoms with Crippen molar-refractivity contribution >= 4 is 35.3 Å². The van der Waals surface area contributed by atoms with Crippen molar-refractivity contribution in [3.05, 3.63) is 21.8 Å². The molecule has 11 fully saturated rings. The number of Topliss-reactive ketones (excluding diaryl/α,β-unsaturated/α-hetero) is 2. The molecular weight excluding hydrogens is 943 g/mol. The zero-order valence-corrected chi connectivity index (χ0v) is 42.4. The maximum atomic E-state index is 11.5. The van der Waals surface area contributed by atoms with Gasteiger partial charge in [0.05, 0.1) is 73.5 Å². The van der Waals surface area contributed by atoms with E-state index in [1.807, 2.05) is 0 Å². The lowest BCUT2D eigenvalue weighted by Crippen LogP contribution is -2.44. The number of hydrogen-bond donors (Lipinski definition) is 2. The average Bonchev–Trinajstić information content (AvgIpc) is 4.27. The summed E-state index contributed by atoms with van der Waals surface area (Å²) in [6.45, 7) is 6.78. The van der Waals surface area contributed by atoms with Crippen LogP contribution in [0.5, 0.6) is 0 Å². The smallest absolute Gasteiger partial charge is 0.330 e. The number of carbonyl (C=O) groups is 6. The molecule has 0 unspecified atom stereocenters. The van der Waals surface area contributed by atoms with Crippen LogP contribution in [-0.2, 0) is 76.1 Å². The van der Waals surface area contributed by atoms with Gasteiger partial charge in [-0.2, -0.15) is 0 Å². The summed E-state index contributed by atoms with van der Waals surface area (Å²) < 4.78 is 53.9. The molecule has 5 aliphatic carbocycles. The van der Waals surface area contributed by atoms with E-state index in [1.165, 1.54) is 14.2 Å². The van der Waals surface area contributed by atoms with E-state index in [1.54, 1.807) is 6.08 Å². The largest absolute Gasteiger partial charge is 0.469 e. The summed E-state index contributed by atoms with van der Waals surface area (Å²) in [4.78, 5) is 77.1. The average molecular weight is 1020 g/mol. The molecule has 2 N–H and O–H groups in total. The van der Waals surface area contributed by atoms with Gasteiger partial charge in [-0.1, -0.05) is 5.57 Å². The second-order valence-corrected chi connectivity index (χ2v) is 21.5. The number of esters is 2. The van der Waals surface area contributed by atoms with Crippen molar-refractivity contribution in [1.29, 1.82) is 0 Å². The number of rotatable bonds is 5. The molecule has 404 valence electrons. The molecule has 6 spiro atoms. The lowest BCUT2D eigenvalue weighted by Gasteiger charge is -2.40. The maximum Gasteiger partial charge on any atom is 0.330 e. The second-order valence-electron chi connectivity index (χ2n) is 21.5. The highest BCUT2D eigenvalue weighted by atomic mass is 16.8. The number of ketones is 2. The van der Waals surface area contributed by atoms with Crippen molar-refractivity contribution in [2.24, 2.45) is 16.2 Å². The molecule has 0 atom stereocenters. The van der Waals surface area contributed by atoms with E-state index in [9.17, 15) is 38.9 Å². The van der Waals surface area contributed by atoms with E-state index in [0.29, 0.717) is 115 Å². The Balaban J connectivity index is 0.000000134. The van der Waals surface area contributed by atoms with Gasteiger partial charge in [0.25, 0.3) is 0 Å². The van der Waals surface area contributed by atoms with Crippen LogP contribution >= 0.6 is 0 Å². The van der Waals surface area contributed by atoms with Gasteiger partial charge in [0.15, 0.2) is 23.1 Å². The maximum absolute atomic E-state index is 11.5. The minimum absolute atomic E-state index is 0.0839. The van der Waals surface area contributed by atoms with E-state index in [4.69, 9.17) is 37.9 Å². The van der Waals surface area contributed by atoms with E-state index in [2.05, 4.69) is 20.1 Å². The standard InChI is InChI=1S/C12H19NO6.C11H17NO3.C11H16O4.C9H13NO2.C8H12O3/c1-17-10(14)8-11(9-13(15)16)2-4-12(5-3-11)18-6-7-19-12;13-9-7-10(8-12-9)1-3-11(4-2-10)14-5-6-15-11;1-13-10(12)8-9-2-4-11(5-3-9)14-6-7-15-11;11-7-1-3-9(4-2-7)5-8(12)10-6-9;9-7-1-3-8(4-2-7)10-5-6-11-8/h2-9H2,1H3;1-8H2,(H,12,13);8H,2-7H2,1H3;1-6H2,(H,10,12);1-6H2. The number of ether oxygens (including phenoxy) is 10. The van der Waals surface area contributed by atoms with E-state index < -0.39 is 17.2 Å². The van der Waals surface area contributed by atoms with Gasteiger partial charge >= 0.3 is 11.9 Å². The molecule has 0 bridgehead atoms. The third-order valence-corrected chi connectivity index (χ3v) is 16.6. The van der Waals surface area contributed by atoms with Crippen molar-refractivity contribution < 1.29 is 81.1 Å². The van der Waals surface area contributed by atoms with Crippen LogP contribution in [0.3, 0.4) is 0 Å². The van der Waals surface area contributed by atoms with E-state index >= 15 is 0 Å². The first-order valence-electron chi connectivity index (χ1n) is 26.1. The first-order valence-corrected chi connectivity index (χ1v) is 26.1. The van der Waals surface area contributed by atoms with Crippen LogP contribution in [0.2, 0.25) is 0 Å². The van der Waals surface area contributed by atoms with Gasteiger partial charge in [-0.15, -0.1) is 0 Å². The second kappa shape index (κ2) is 24.6. The Kier molecular flexibility index (Phi) is 19.1. The number of nitrogens with zero attached hydrogens (tertiary/aromatic N) is 1. The molecule has 2 amide bonds. The molecule has 21 nitrogen and oxygen atoms in total. The van der Waals surface area contributed by atoms with Gasteiger partial charge in [0, 0.05) is 119 Å². The fourth-order valence-electron chi connectivity index (χ4n) is 12.0. The summed E-state index contributed by atoms with van der Waals surface area (Å²) in [6, 6.07) is 0. The minimum atomic E-state index is -0.628. The monoisotopic (exact) mass is 1020 g/mol. The van der Waals surface area contributed by atoms with Crippen molar-refractivity contribution in [2.75, 3.05) is 86.7 Å². The first-order chi connectivity index (χ1) is 34.5. The quantitative estimate of drug-likeness (QED) is 0.161. The molecular formula is C51H77N3O18. The Hall–Kier alpha value is -3.96. The molecule has 0 aromatic rings. The zero-order chi connectivity index (χ0) is 51.4. The third kappa shape index (κ3) is 15.1. The fraction of sp³-hybridized carbons (Fsp3) is 0.843. The molecule has 21 heteroatoms. The highest BCUT2D eigenvalue weighted by Gasteiger charge is 2.51. The number of carbonyl (C=O) groups excluding carboxylic acids is 6. The van der Waals surface area contributed by atoms with Gasteiger partial charge in [0.2, 0.25) is 18.4 Å². The Morgan fingerprint density at radius 2 is 0.889 bits per heavy atom. The number of allylic oxidation sites excluding steroid dienone is 1. The third-order valence-electron chi connectivity index (χ3n) is 16.6. The Bertz CT molecular complexity index is 1910. The summed E-state index contributed by atoms with van der Waals surface area (Å²) in [5, 5.41) is 16.6. The van der Waals surface area contributed by atoms with Gasteiger partial charge in [0.1, 0.15) is 11.6 Å². The summed E-state index contributed by atoms with van der Waals surface area (Å²) in [7, 11) is 2.70. The van der Waals surface area contributed by atoms with Crippen LogP contribution in [-0.4, -0.2) is 150 Å². The van der Waals surface area contributed by atoms with Crippen LogP contribution in [0.1, 0.15) is 148 Å². The zero-order valence-electron chi connectivity index (χ0n) is 42.4. The molecule has 11 rings (SSSR count). The number of nitro groups is 1. The van der Waals surface area contributed by atoms with Crippen LogP contribution in [0.15, 0.2) is 11.6 Å². The SMILES string of the molecule is COC(=O)C=C1CCC2(CC1)OCCO2.COC(=O)CC1(C[N+](=O)[O-])CCC2(CC1)OCCO2.O=C1CC2(CCC3(CC2)OCCO3)CN1.O=C1CCC2(CC1)CNC(=O)C2.O=C1CCC2(CC1)OCCO2. The number of hydrogen-bond acceptors (Lipinski definition) is 18. The molecule has 6 saturated heterocycles. The summed E-state index contributed by atoms with van der Waals surface area (Å²) >= 11 is 0. The van der Waals surface area contributed by atoms with E-state index in [-0.39, 0.29) is 63.9 Å². The molecule has 72 heavy (non-hydrogen) atoms. The Labute approximate surface area is 421 Å². The number of methoxy groups -OCH3 is 2. The summed E-state index contributed by atoms with van der Waals surface area (Å²) in [6.07, 6.45) is 18.6. The van der Waals surface area contributed by atoms with Crippen molar-refractivity contribution in [2.45, 2.75) is 171 Å². The molecule has 6 aliphatic heterocycles. The van der Waals surface area contributed by atoms with Crippen LogP contribution in [0, 0.1) is 26.4 Å². The fourth-order valence-corrected chi connectivity index (χ4v) is 12.0. The molecule has 5 saturated carbocycles. The van der Waals surface area contributed by atoms with Crippen LogP contribution in [0.25, 0.3) is 0 Å². The Morgan fingerprint density at radius 3 is 1.25 bits per heavy atom. The predicted octanol–water partition coefficient (Wildman–Crippen LogP) is 4.85. The first kappa shape index (κ1) is 55.8. The molecule has 0 radical (unpaired) electrons. The summed E-state index contributed by atoms with van der Waals surface area (Å²) in [5.74, 6) is -1.19. The molecule has 6 heterocycles. The van der Waals surface area contributed by atoms with Crippen LogP contribution in [0.4, 0.5) is 0 Å². The Morgan fingerprint density at radius 1 is 0.528 bits per heavy atom. The molecule has 0 aromatic heterocycles. The summed E-state index contributed by atoms with van der Waals surface area (Å²) in [5.41, 5.74) is 0.853. The molecule has 0 aromatic carbocycles. The normalized spacial score (nSPS) is 28.7. The topological polar surface area (TPSA) is 262 Å². The van der Waals surface area contributed by atoms with E-state index in [0.717, 1.165) is 109 Å². The van der Waals surface area contributed by atoms with Gasteiger partial charge < -0.3 is 58.0 Å². The van der Waals surface area contributed by atoms with Crippen molar-refractivity contribution in [3.63, 3.8) is 0 Å². The lowest BCUT2D eigenvalue weighted by atomic mass is 9.70. The highest BCUT2D eigenvalue weighted by molar-refractivity contribution is 5.83. The number of amides is 2. The number of nitrogens with one attached hydrogen (secondary N) is 2. The van der Waals surface area contributed by atoms with Gasteiger partial charge in [-0.3, -0.25) is 34.1 Å². The minimum Gasteiger partial charge on any atom is -0.469 e. The van der Waals surface area contributed by atoms with Gasteiger partial charge in [-0.05, 0) is 62.2 Å². The predicted molar refractivity (Wildman–Crippen MR) is 252 cm³/mol. The lowest BCUT2D eigenvalue weighted by molar-refractivity contribution is -0.500. The van der Waals surface area contributed by atoms with Crippen LogP contribution < -0.4 is 10.6 Å².